The van der Waals surface area contributed by atoms with Crippen LogP contribution in [-0.2, 0) is 6.54 Å². The van der Waals surface area contributed by atoms with Crippen LogP contribution in [0.25, 0.3) is 0 Å². The van der Waals surface area contributed by atoms with E-state index in [4.69, 9.17) is 10.5 Å². The van der Waals surface area contributed by atoms with Crippen LogP contribution in [0.4, 0.5) is 5.69 Å². The van der Waals surface area contributed by atoms with Crippen molar-refractivity contribution in [3.8, 4) is 11.5 Å². The molecule has 2 N–H and O–H groups in total. The third-order valence-corrected chi connectivity index (χ3v) is 3.54. The maximum atomic E-state index is 10.8. The highest BCUT2D eigenvalue weighted by Crippen LogP contribution is 2.33. The van der Waals surface area contributed by atoms with Gasteiger partial charge >= 0.3 is 0 Å². The van der Waals surface area contributed by atoms with E-state index in [1.165, 1.54) is 12.1 Å². The van der Waals surface area contributed by atoms with Crippen LogP contribution in [0.2, 0.25) is 0 Å². The largest absolute Gasteiger partial charge is 0.456 e. The first-order valence-corrected chi connectivity index (χ1v) is 6.72. The molecular weight excluding hydrogens is 324 g/mol. The molecule has 0 fully saturated rings. The van der Waals surface area contributed by atoms with Crippen molar-refractivity contribution in [2.24, 2.45) is 5.73 Å². The van der Waals surface area contributed by atoms with Gasteiger partial charge in [-0.2, -0.15) is 0 Å². The van der Waals surface area contributed by atoms with Gasteiger partial charge in [0.25, 0.3) is 5.69 Å². The van der Waals surface area contributed by atoms with Crippen LogP contribution < -0.4 is 10.5 Å². The van der Waals surface area contributed by atoms with Crippen molar-refractivity contribution in [3.63, 3.8) is 0 Å². The summed E-state index contributed by atoms with van der Waals surface area (Å²) < 4.78 is 6.34. The molecule has 0 saturated heterocycles. The molecule has 0 atom stereocenters. The lowest BCUT2D eigenvalue weighted by Crippen LogP contribution is -1.99. The molecular formula is C14H13BrN2O3. The fourth-order valence-electron chi connectivity index (χ4n) is 1.77. The van der Waals surface area contributed by atoms with Gasteiger partial charge in [-0.1, -0.05) is 6.07 Å². The molecule has 0 radical (unpaired) electrons. The van der Waals surface area contributed by atoms with Crippen molar-refractivity contribution in [1.29, 1.82) is 0 Å². The number of rotatable bonds is 4. The van der Waals surface area contributed by atoms with Crippen LogP contribution in [0, 0.1) is 17.0 Å². The molecule has 0 saturated carbocycles. The first kappa shape index (κ1) is 14.5. The van der Waals surface area contributed by atoms with Crippen LogP contribution in [-0.4, -0.2) is 4.92 Å². The molecule has 0 aliphatic carbocycles. The number of nitrogens with zero attached hydrogens (tertiary/aromatic N) is 1. The quantitative estimate of drug-likeness (QED) is 0.677. The number of nitro benzene ring substituents is 1. The van der Waals surface area contributed by atoms with Crippen molar-refractivity contribution >= 4 is 21.6 Å². The van der Waals surface area contributed by atoms with Crippen LogP contribution >= 0.6 is 15.9 Å². The second-order valence-corrected chi connectivity index (χ2v) is 5.12. The van der Waals surface area contributed by atoms with Crippen LogP contribution in [0.1, 0.15) is 11.1 Å². The second kappa shape index (κ2) is 6.02. The summed E-state index contributed by atoms with van der Waals surface area (Å²) in [5.41, 5.74) is 7.65. The molecule has 2 aromatic carbocycles. The van der Waals surface area contributed by atoms with E-state index in [9.17, 15) is 10.1 Å². The van der Waals surface area contributed by atoms with Gasteiger partial charge in [0, 0.05) is 12.6 Å². The van der Waals surface area contributed by atoms with Gasteiger partial charge in [-0.3, -0.25) is 10.1 Å². The Morgan fingerprint density at radius 2 is 2.05 bits per heavy atom. The predicted molar refractivity (Wildman–Crippen MR) is 79.9 cm³/mol. The van der Waals surface area contributed by atoms with Gasteiger partial charge in [0.2, 0.25) is 0 Å². The molecule has 6 heteroatoms. The van der Waals surface area contributed by atoms with E-state index in [-0.39, 0.29) is 5.69 Å². The van der Waals surface area contributed by atoms with Crippen molar-refractivity contribution in [3.05, 3.63) is 62.1 Å². The summed E-state index contributed by atoms with van der Waals surface area (Å²) in [6.07, 6.45) is 0. The molecule has 104 valence electrons. The minimum atomic E-state index is -0.456. The first-order chi connectivity index (χ1) is 9.51. The molecule has 0 bridgehead atoms. The molecule has 2 aromatic rings. The zero-order valence-electron chi connectivity index (χ0n) is 10.8. The predicted octanol–water partition coefficient (Wildman–Crippen LogP) is 3.92. The smallest absolute Gasteiger partial charge is 0.273 e. The minimum absolute atomic E-state index is 0.0153. The van der Waals surface area contributed by atoms with Gasteiger partial charge in [-0.05, 0) is 52.2 Å². The summed E-state index contributed by atoms with van der Waals surface area (Å²) in [6, 6.07) is 9.93. The third-order valence-electron chi connectivity index (χ3n) is 2.89. The summed E-state index contributed by atoms with van der Waals surface area (Å²) in [4.78, 5) is 10.3. The molecule has 2 rings (SSSR count). The average molecular weight is 337 g/mol. The topological polar surface area (TPSA) is 78.4 Å². The third kappa shape index (κ3) is 3.15. The lowest BCUT2D eigenvalue weighted by Gasteiger charge is -2.10. The Morgan fingerprint density at radius 1 is 1.30 bits per heavy atom. The van der Waals surface area contributed by atoms with Gasteiger partial charge in [0.05, 0.1) is 15.5 Å². The summed E-state index contributed by atoms with van der Waals surface area (Å²) >= 11 is 3.32. The highest BCUT2D eigenvalue weighted by molar-refractivity contribution is 9.10. The van der Waals surface area contributed by atoms with Crippen LogP contribution in [0.5, 0.6) is 11.5 Å². The number of non-ortho nitro benzene ring substituents is 1. The molecule has 0 aliphatic heterocycles. The number of nitrogens with two attached hydrogens (primary N) is 1. The van der Waals surface area contributed by atoms with E-state index in [2.05, 4.69) is 15.9 Å². The first-order valence-electron chi connectivity index (χ1n) is 5.92. The summed E-state index contributed by atoms with van der Waals surface area (Å²) in [5, 5.41) is 10.8. The van der Waals surface area contributed by atoms with Crippen molar-refractivity contribution in [1.82, 2.24) is 0 Å². The lowest BCUT2D eigenvalue weighted by molar-refractivity contribution is -0.384. The van der Waals surface area contributed by atoms with Crippen molar-refractivity contribution in [2.45, 2.75) is 13.5 Å². The second-order valence-electron chi connectivity index (χ2n) is 4.27. The normalized spacial score (nSPS) is 10.3. The van der Waals surface area contributed by atoms with Crippen molar-refractivity contribution in [2.75, 3.05) is 0 Å². The zero-order chi connectivity index (χ0) is 14.7. The Balaban J connectivity index is 2.32. The number of ether oxygens (including phenoxy) is 1. The Kier molecular flexibility index (Phi) is 4.36. The number of aryl methyl sites for hydroxylation is 1. The monoisotopic (exact) mass is 336 g/mol. The van der Waals surface area contributed by atoms with E-state index in [0.717, 1.165) is 11.1 Å². The Hall–Kier alpha value is -1.92. The Morgan fingerprint density at radius 3 is 2.65 bits per heavy atom. The van der Waals surface area contributed by atoms with E-state index in [1.54, 1.807) is 12.1 Å². The molecule has 0 aliphatic rings. The summed E-state index contributed by atoms with van der Waals surface area (Å²) in [7, 11) is 0. The van der Waals surface area contributed by atoms with E-state index in [1.807, 2.05) is 19.1 Å². The van der Waals surface area contributed by atoms with Crippen LogP contribution in [0.15, 0.2) is 40.9 Å². The zero-order valence-corrected chi connectivity index (χ0v) is 12.4. The van der Waals surface area contributed by atoms with Gasteiger partial charge in [0.15, 0.2) is 0 Å². The fourth-order valence-corrected chi connectivity index (χ4v) is 2.10. The standard InChI is InChI=1S/C14H13BrN2O3/c1-9-6-12(4-2-10(9)8-16)20-14-7-11(17(18)19)3-5-13(14)15/h2-7H,8,16H2,1H3. The highest BCUT2D eigenvalue weighted by atomic mass is 79.9. The molecule has 0 unspecified atom stereocenters. The van der Waals surface area contributed by atoms with E-state index in [0.29, 0.717) is 22.5 Å². The summed E-state index contributed by atoms with van der Waals surface area (Å²) in [5.74, 6) is 1.01. The average Bonchev–Trinajstić information content (AvgIpc) is 2.41. The molecule has 0 aromatic heterocycles. The molecule has 0 spiro atoms. The molecule has 0 amide bonds. The number of nitro groups is 1. The van der Waals surface area contributed by atoms with Gasteiger partial charge in [0.1, 0.15) is 11.5 Å². The maximum Gasteiger partial charge on any atom is 0.273 e. The van der Waals surface area contributed by atoms with Gasteiger partial charge in [-0.15, -0.1) is 0 Å². The van der Waals surface area contributed by atoms with Gasteiger partial charge < -0.3 is 10.5 Å². The van der Waals surface area contributed by atoms with E-state index >= 15 is 0 Å². The van der Waals surface area contributed by atoms with E-state index < -0.39 is 4.92 Å². The number of halogens is 1. The van der Waals surface area contributed by atoms with Crippen molar-refractivity contribution < 1.29 is 9.66 Å². The Labute approximate surface area is 124 Å². The molecule has 20 heavy (non-hydrogen) atoms. The number of benzene rings is 2. The van der Waals surface area contributed by atoms with Crippen LogP contribution in [0.3, 0.4) is 0 Å². The molecule has 0 heterocycles. The molecule has 5 nitrogen and oxygen atoms in total. The number of hydrogen-bond donors (Lipinski definition) is 1. The summed E-state index contributed by atoms with van der Waals surface area (Å²) in [6.45, 7) is 2.41. The SMILES string of the molecule is Cc1cc(Oc2cc([N+](=O)[O-])ccc2Br)ccc1CN. The highest BCUT2D eigenvalue weighted by Gasteiger charge is 2.11. The lowest BCUT2D eigenvalue weighted by atomic mass is 10.1. The Bertz CT molecular complexity index is 659. The fraction of sp³-hybridized carbons (Fsp3) is 0.143. The van der Waals surface area contributed by atoms with Gasteiger partial charge in [-0.25, -0.2) is 0 Å². The minimum Gasteiger partial charge on any atom is -0.456 e. The number of hydrogen-bond acceptors (Lipinski definition) is 4. The maximum absolute atomic E-state index is 10.8.